The molecule has 0 unspecified atom stereocenters. The summed E-state index contributed by atoms with van der Waals surface area (Å²) in [5, 5.41) is 0. The van der Waals surface area contributed by atoms with Crippen LogP contribution >= 0.6 is 7.82 Å². The Kier molecular flexibility index (Phi) is 6.90. The highest BCUT2D eigenvalue weighted by Crippen LogP contribution is 2.50. The summed E-state index contributed by atoms with van der Waals surface area (Å²) >= 11 is 0. The largest absolute Gasteiger partial charge is 0.529 e. The van der Waals surface area contributed by atoms with Crippen LogP contribution in [0.1, 0.15) is 27.7 Å². The molecule has 0 aromatic carbocycles. The predicted molar refractivity (Wildman–Crippen MR) is 60.5 cm³/mol. The van der Waals surface area contributed by atoms with Crippen LogP contribution in [-0.4, -0.2) is 13.2 Å². The van der Waals surface area contributed by atoms with E-state index >= 15 is 0 Å². The first-order valence-electron chi connectivity index (χ1n) is 5.08. The molecule has 5 heteroatoms. The molecule has 0 fully saturated rings. The standard InChI is InChI=1S/C10H21O4P/c1-6-12-15(11,13-7-9(2)3)14-8-10(4)5/h6,9-10H,1,7-8H2,2-5H3. The van der Waals surface area contributed by atoms with Gasteiger partial charge in [-0.25, -0.2) is 4.57 Å². The lowest BCUT2D eigenvalue weighted by Crippen LogP contribution is -2.06. The molecule has 0 aromatic rings. The topological polar surface area (TPSA) is 44.8 Å². The minimum atomic E-state index is -3.45. The summed E-state index contributed by atoms with van der Waals surface area (Å²) in [6, 6.07) is 0. The fraction of sp³-hybridized carbons (Fsp3) is 0.800. The van der Waals surface area contributed by atoms with Gasteiger partial charge in [0.05, 0.1) is 19.5 Å². The van der Waals surface area contributed by atoms with Gasteiger partial charge in [0, 0.05) is 0 Å². The van der Waals surface area contributed by atoms with E-state index in [4.69, 9.17) is 13.6 Å². The van der Waals surface area contributed by atoms with Crippen molar-refractivity contribution in [2.75, 3.05) is 13.2 Å². The van der Waals surface area contributed by atoms with Gasteiger partial charge >= 0.3 is 7.82 Å². The van der Waals surface area contributed by atoms with Gasteiger partial charge in [0.15, 0.2) is 0 Å². The lowest BCUT2D eigenvalue weighted by molar-refractivity contribution is 0.121. The second-order valence-electron chi connectivity index (χ2n) is 4.10. The van der Waals surface area contributed by atoms with Crippen LogP contribution in [0.4, 0.5) is 0 Å². The summed E-state index contributed by atoms with van der Waals surface area (Å²) in [6.07, 6.45) is 1.08. The molecule has 0 radical (unpaired) electrons. The van der Waals surface area contributed by atoms with Gasteiger partial charge in [0.1, 0.15) is 0 Å². The lowest BCUT2D eigenvalue weighted by atomic mass is 10.2. The summed E-state index contributed by atoms with van der Waals surface area (Å²) in [5.74, 6) is 0.545. The van der Waals surface area contributed by atoms with Crippen molar-refractivity contribution >= 4 is 7.82 Å². The van der Waals surface area contributed by atoms with Crippen molar-refractivity contribution in [3.63, 3.8) is 0 Å². The van der Waals surface area contributed by atoms with E-state index in [1.165, 1.54) is 0 Å². The van der Waals surface area contributed by atoms with Gasteiger partial charge in [-0.1, -0.05) is 34.3 Å². The van der Waals surface area contributed by atoms with Crippen LogP contribution in [0.3, 0.4) is 0 Å². The second kappa shape index (κ2) is 7.04. The summed E-state index contributed by atoms with van der Waals surface area (Å²) in [5.41, 5.74) is 0. The van der Waals surface area contributed by atoms with Crippen LogP contribution in [0.2, 0.25) is 0 Å². The van der Waals surface area contributed by atoms with E-state index in [1.54, 1.807) is 0 Å². The van der Waals surface area contributed by atoms with Gasteiger partial charge in [0.2, 0.25) is 0 Å². The monoisotopic (exact) mass is 236 g/mol. The number of hydrogen-bond acceptors (Lipinski definition) is 4. The molecule has 0 heterocycles. The van der Waals surface area contributed by atoms with Crippen molar-refractivity contribution in [1.82, 2.24) is 0 Å². The molecule has 0 amide bonds. The van der Waals surface area contributed by atoms with Crippen molar-refractivity contribution < 1.29 is 18.1 Å². The highest BCUT2D eigenvalue weighted by atomic mass is 31.2. The molecular weight excluding hydrogens is 215 g/mol. The fourth-order valence-corrected chi connectivity index (χ4v) is 2.01. The van der Waals surface area contributed by atoms with Crippen molar-refractivity contribution in [1.29, 1.82) is 0 Å². The molecule has 4 nitrogen and oxygen atoms in total. The molecule has 0 aliphatic heterocycles. The maximum absolute atomic E-state index is 11.9. The third-order valence-electron chi connectivity index (χ3n) is 1.34. The minimum absolute atomic E-state index is 0.273. The molecule has 90 valence electrons. The molecule has 0 saturated carbocycles. The van der Waals surface area contributed by atoms with Crippen molar-refractivity contribution in [3.8, 4) is 0 Å². The van der Waals surface area contributed by atoms with E-state index in [0.29, 0.717) is 13.2 Å². The molecule has 0 aliphatic carbocycles. The molecule has 0 aromatic heterocycles. The molecule has 0 atom stereocenters. The van der Waals surface area contributed by atoms with E-state index < -0.39 is 7.82 Å². The van der Waals surface area contributed by atoms with Gasteiger partial charge in [0.25, 0.3) is 0 Å². The van der Waals surface area contributed by atoms with E-state index in [9.17, 15) is 4.57 Å². The zero-order valence-corrected chi connectivity index (χ0v) is 10.8. The Balaban J connectivity index is 4.18. The van der Waals surface area contributed by atoms with E-state index in [2.05, 4.69) is 6.58 Å². The normalized spacial score (nSPS) is 12.1. The average Bonchev–Trinajstić information content (AvgIpc) is 2.13. The molecule has 0 rings (SSSR count). The zero-order valence-electron chi connectivity index (χ0n) is 9.93. The van der Waals surface area contributed by atoms with Crippen LogP contribution in [0.25, 0.3) is 0 Å². The molecule has 0 spiro atoms. The summed E-state index contributed by atoms with van der Waals surface area (Å²) in [4.78, 5) is 0. The smallest absolute Gasteiger partial charge is 0.413 e. The van der Waals surface area contributed by atoms with Crippen LogP contribution in [-0.2, 0) is 18.1 Å². The number of phosphoric ester groups is 1. The molecule has 0 bridgehead atoms. The average molecular weight is 236 g/mol. The van der Waals surface area contributed by atoms with Crippen molar-refractivity contribution in [3.05, 3.63) is 12.8 Å². The highest BCUT2D eigenvalue weighted by molar-refractivity contribution is 7.48. The van der Waals surface area contributed by atoms with Crippen molar-refractivity contribution in [2.45, 2.75) is 27.7 Å². The van der Waals surface area contributed by atoms with E-state index in [1.807, 2.05) is 27.7 Å². The Bertz CT molecular complexity index is 209. The first-order chi connectivity index (χ1) is 6.89. The Labute approximate surface area is 92.2 Å². The van der Waals surface area contributed by atoms with E-state index in [0.717, 1.165) is 6.26 Å². The molecule has 0 aliphatic rings. The van der Waals surface area contributed by atoms with Crippen LogP contribution in [0.5, 0.6) is 0 Å². The Morgan fingerprint density at radius 3 is 1.80 bits per heavy atom. The maximum atomic E-state index is 11.9. The number of rotatable bonds is 8. The van der Waals surface area contributed by atoms with Gasteiger partial charge < -0.3 is 4.52 Å². The second-order valence-corrected chi connectivity index (χ2v) is 5.72. The summed E-state index contributed by atoms with van der Waals surface area (Å²) < 4.78 is 26.9. The third kappa shape index (κ3) is 7.60. The molecule has 0 saturated heterocycles. The quantitative estimate of drug-likeness (QED) is 0.477. The number of hydrogen-bond donors (Lipinski definition) is 0. The number of phosphoric acid groups is 1. The Hall–Kier alpha value is -0.310. The first kappa shape index (κ1) is 14.7. The van der Waals surface area contributed by atoms with Gasteiger partial charge in [-0.15, -0.1) is 0 Å². The lowest BCUT2D eigenvalue weighted by Gasteiger charge is -2.18. The van der Waals surface area contributed by atoms with E-state index in [-0.39, 0.29) is 11.8 Å². The van der Waals surface area contributed by atoms with Gasteiger partial charge in [-0.3, -0.25) is 9.05 Å². The molecule has 15 heavy (non-hydrogen) atoms. The summed E-state index contributed by atoms with van der Waals surface area (Å²) in [6.45, 7) is 11.9. The summed E-state index contributed by atoms with van der Waals surface area (Å²) in [7, 11) is -3.45. The SMILES string of the molecule is C=COP(=O)(OCC(C)C)OCC(C)C. The maximum Gasteiger partial charge on any atom is 0.529 e. The molecule has 0 N–H and O–H groups in total. The fourth-order valence-electron chi connectivity index (χ4n) is 0.670. The highest BCUT2D eigenvalue weighted by Gasteiger charge is 2.27. The minimum Gasteiger partial charge on any atom is -0.413 e. The zero-order chi connectivity index (χ0) is 11.9. The van der Waals surface area contributed by atoms with Crippen LogP contribution < -0.4 is 0 Å². The Morgan fingerprint density at radius 2 is 1.53 bits per heavy atom. The van der Waals surface area contributed by atoms with Crippen molar-refractivity contribution in [2.24, 2.45) is 11.8 Å². The molecular formula is C10H21O4P. The van der Waals surface area contributed by atoms with Gasteiger partial charge in [-0.2, -0.15) is 0 Å². The Morgan fingerprint density at radius 1 is 1.13 bits per heavy atom. The third-order valence-corrected chi connectivity index (χ3v) is 2.67. The van der Waals surface area contributed by atoms with Gasteiger partial charge in [-0.05, 0) is 11.8 Å². The van der Waals surface area contributed by atoms with Crippen LogP contribution in [0, 0.1) is 11.8 Å². The predicted octanol–water partition coefficient (Wildman–Crippen LogP) is 3.60. The first-order valence-corrected chi connectivity index (χ1v) is 6.54. The van der Waals surface area contributed by atoms with Crippen LogP contribution in [0.15, 0.2) is 12.8 Å².